The molecular weight excluding hydrogens is 190 g/mol. The first kappa shape index (κ1) is 8.64. The molecule has 78 valence electrons. The van der Waals surface area contributed by atoms with Crippen LogP contribution in [0, 0.1) is 0 Å². The predicted molar refractivity (Wildman–Crippen MR) is 57.4 cm³/mol. The van der Waals surface area contributed by atoms with E-state index in [1.807, 2.05) is 11.6 Å². The first-order chi connectivity index (χ1) is 7.29. The Morgan fingerprint density at radius 1 is 1.47 bits per heavy atom. The highest BCUT2D eigenvalue weighted by Crippen LogP contribution is 2.38. The first-order valence-corrected chi connectivity index (χ1v) is 5.28. The maximum atomic E-state index is 5.89. The Morgan fingerprint density at radius 3 is 2.93 bits per heavy atom. The minimum atomic E-state index is 0.525. The first-order valence-electron chi connectivity index (χ1n) is 5.28. The average Bonchev–Trinajstić information content (AvgIpc) is 2.99. The largest absolute Gasteiger partial charge is 0.383 e. The van der Waals surface area contributed by atoms with E-state index < -0.39 is 0 Å². The summed E-state index contributed by atoms with van der Waals surface area (Å²) in [5, 5.41) is 5.09. The van der Waals surface area contributed by atoms with E-state index in [2.05, 4.69) is 15.1 Å². The fourth-order valence-electron chi connectivity index (χ4n) is 1.75. The molecular formula is C10H13N5. The van der Waals surface area contributed by atoms with Crippen LogP contribution in [0.15, 0.2) is 6.20 Å². The number of anilines is 1. The molecule has 1 saturated carbocycles. The van der Waals surface area contributed by atoms with Gasteiger partial charge in [-0.15, -0.1) is 0 Å². The summed E-state index contributed by atoms with van der Waals surface area (Å²) in [5.74, 6) is 1.97. The molecule has 0 atom stereocenters. The normalized spacial score (nSPS) is 16.1. The summed E-state index contributed by atoms with van der Waals surface area (Å²) in [4.78, 5) is 8.86. The molecule has 0 amide bonds. The topological polar surface area (TPSA) is 69.6 Å². The van der Waals surface area contributed by atoms with Crippen LogP contribution in [0.25, 0.3) is 11.0 Å². The van der Waals surface area contributed by atoms with Crippen molar-refractivity contribution in [1.82, 2.24) is 19.7 Å². The van der Waals surface area contributed by atoms with Gasteiger partial charge in [0.05, 0.1) is 11.6 Å². The van der Waals surface area contributed by atoms with Crippen LogP contribution in [0.1, 0.15) is 31.5 Å². The standard InChI is InChI=1S/C10H13N5/c1-2-15-10-7(5-12-15)8(11)13-9(14-10)6-3-4-6/h5-6H,2-4H2,1H3,(H2,11,13,14). The monoisotopic (exact) mass is 203 g/mol. The molecule has 3 rings (SSSR count). The quantitative estimate of drug-likeness (QED) is 0.798. The summed E-state index contributed by atoms with van der Waals surface area (Å²) in [7, 11) is 0. The SMILES string of the molecule is CCn1ncc2c(N)nc(C3CC3)nc21. The van der Waals surface area contributed by atoms with Crippen molar-refractivity contribution in [1.29, 1.82) is 0 Å². The van der Waals surface area contributed by atoms with Crippen LogP contribution in [0.5, 0.6) is 0 Å². The van der Waals surface area contributed by atoms with Gasteiger partial charge in [-0.3, -0.25) is 0 Å². The Labute approximate surface area is 87.3 Å². The molecule has 1 aliphatic carbocycles. The number of fused-ring (bicyclic) bond motifs is 1. The van der Waals surface area contributed by atoms with Crippen LogP contribution in [-0.2, 0) is 6.54 Å². The summed E-state index contributed by atoms with van der Waals surface area (Å²) in [6.45, 7) is 2.85. The van der Waals surface area contributed by atoms with Crippen LogP contribution in [0.3, 0.4) is 0 Å². The van der Waals surface area contributed by atoms with Crippen molar-refractivity contribution in [2.24, 2.45) is 0 Å². The van der Waals surface area contributed by atoms with Crippen molar-refractivity contribution in [3.8, 4) is 0 Å². The molecule has 0 saturated heterocycles. The van der Waals surface area contributed by atoms with Crippen molar-refractivity contribution in [2.45, 2.75) is 32.2 Å². The molecule has 15 heavy (non-hydrogen) atoms. The van der Waals surface area contributed by atoms with Crippen LogP contribution < -0.4 is 5.73 Å². The number of hydrogen-bond donors (Lipinski definition) is 1. The Kier molecular flexibility index (Phi) is 1.68. The Bertz CT molecular complexity index is 512. The zero-order valence-electron chi connectivity index (χ0n) is 8.64. The molecule has 0 radical (unpaired) electrons. The number of rotatable bonds is 2. The molecule has 2 heterocycles. The highest BCUT2D eigenvalue weighted by Gasteiger charge is 2.27. The van der Waals surface area contributed by atoms with Crippen molar-refractivity contribution in [3.05, 3.63) is 12.0 Å². The molecule has 2 N–H and O–H groups in total. The third kappa shape index (κ3) is 1.26. The van der Waals surface area contributed by atoms with Gasteiger partial charge < -0.3 is 5.73 Å². The van der Waals surface area contributed by atoms with E-state index in [4.69, 9.17) is 5.73 Å². The van der Waals surface area contributed by atoms with E-state index in [1.165, 1.54) is 12.8 Å². The molecule has 0 unspecified atom stereocenters. The highest BCUT2D eigenvalue weighted by molar-refractivity contribution is 5.85. The lowest BCUT2D eigenvalue weighted by Gasteiger charge is -2.02. The van der Waals surface area contributed by atoms with Crippen molar-refractivity contribution in [3.63, 3.8) is 0 Å². The number of hydrogen-bond acceptors (Lipinski definition) is 4. The molecule has 5 heteroatoms. The number of nitrogens with zero attached hydrogens (tertiary/aromatic N) is 4. The lowest BCUT2D eigenvalue weighted by atomic mass is 10.3. The Balaban J connectivity index is 2.25. The molecule has 0 bridgehead atoms. The number of aryl methyl sites for hydroxylation is 1. The van der Waals surface area contributed by atoms with Crippen LogP contribution >= 0.6 is 0 Å². The van der Waals surface area contributed by atoms with Gasteiger partial charge in [0, 0.05) is 12.5 Å². The smallest absolute Gasteiger partial charge is 0.163 e. The summed E-state index contributed by atoms with van der Waals surface area (Å²) in [5.41, 5.74) is 6.75. The third-order valence-corrected chi connectivity index (χ3v) is 2.79. The van der Waals surface area contributed by atoms with Crippen molar-refractivity contribution in [2.75, 3.05) is 5.73 Å². The average molecular weight is 203 g/mol. The lowest BCUT2D eigenvalue weighted by Crippen LogP contribution is -2.03. The van der Waals surface area contributed by atoms with Gasteiger partial charge >= 0.3 is 0 Å². The summed E-state index contributed by atoms with van der Waals surface area (Å²) < 4.78 is 1.86. The number of aromatic nitrogens is 4. The minimum absolute atomic E-state index is 0.525. The molecule has 1 fully saturated rings. The fraction of sp³-hybridized carbons (Fsp3) is 0.500. The van der Waals surface area contributed by atoms with E-state index in [9.17, 15) is 0 Å². The highest BCUT2D eigenvalue weighted by atomic mass is 15.3. The zero-order chi connectivity index (χ0) is 10.4. The number of nitrogens with two attached hydrogens (primary N) is 1. The van der Waals surface area contributed by atoms with Crippen LogP contribution in [0.4, 0.5) is 5.82 Å². The molecule has 2 aromatic heterocycles. The van der Waals surface area contributed by atoms with Gasteiger partial charge in [-0.05, 0) is 19.8 Å². The molecule has 2 aromatic rings. The van der Waals surface area contributed by atoms with Gasteiger partial charge in [0.2, 0.25) is 0 Å². The predicted octanol–water partition coefficient (Wildman–Crippen LogP) is 1.31. The molecule has 0 spiro atoms. The zero-order valence-corrected chi connectivity index (χ0v) is 8.64. The summed E-state index contributed by atoms with van der Waals surface area (Å²) in [6.07, 6.45) is 4.11. The van der Waals surface area contributed by atoms with E-state index >= 15 is 0 Å². The van der Waals surface area contributed by atoms with Crippen molar-refractivity contribution >= 4 is 16.9 Å². The summed E-state index contributed by atoms with van der Waals surface area (Å²) >= 11 is 0. The van der Waals surface area contributed by atoms with E-state index in [1.54, 1.807) is 6.20 Å². The van der Waals surface area contributed by atoms with Crippen molar-refractivity contribution < 1.29 is 0 Å². The van der Waals surface area contributed by atoms with Gasteiger partial charge in [0.1, 0.15) is 11.6 Å². The van der Waals surface area contributed by atoms with Gasteiger partial charge in [-0.2, -0.15) is 5.10 Å². The van der Waals surface area contributed by atoms with Crippen LogP contribution in [-0.4, -0.2) is 19.7 Å². The maximum Gasteiger partial charge on any atom is 0.163 e. The van der Waals surface area contributed by atoms with E-state index in [0.717, 1.165) is 23.4 Å². The van der Waals surface area contributed by atoms with Gasteiger partial charge in [0.15, 0.2) is 5.65 Å². The van der Waals surface area contributed by atoms with Gasteiger partial charge in [0.25, 0.3) is 0 Å². The molecule has 0 aliphatic heterocycles. The second-order valence-corrected chi connectivity index (χ2v) is 3.94. The molecule has 5 nitrogen and oxygen atoms in total. The molecule has 1 aliphatic rings. The minimum Gasteiger partial charge on any atom is -0.383 e. The second-order valence-electron chi connectivity index (χ2n) is 3.94. The van der Waals surface area contributed by atoms with E-state index in [-0.39, 0.29) is 0 Å². The maximum absolute atomic E-state index is 5.89. The van der Waals surface area contributed by atoms with E-state index in [0.29, 0.717) is 11.7 Å². The number of nitrogen functional groups attached to an aromatic ring is 1. The second kappa shape index (κ2) is 2.92. The van der Waals surface area contributed by atoms with Gasteiger partial charge in [-0.1, -0.05) is 0 Å². The fourth-order valence-corrected chi connectivity index (χ4v) is 1.75. The summed E-state index contributed by atoms with van der Waals surface area (Å²) in [6, 6.07) is 0. The Hall–Kier alpha value is -1.65. The Morgan fingerprint density at radius 2 is 2.27 bits per heavy atom. The lowest BCUT2D eigenvalue weighted by molar-refractivity contribution is 0.674. The third-order valence-electron chi connectivity index (χ3n) is 2.79. The molecule has 0 aromatic carbocycles. The van der Waals surface area contributed by atoms with Gasteiger partial charge in [-0.25, -0.2) is 14.6 Å². The van der Waals surface area contributed by atoms with Crippen LogP contribution in [0.2, 0.25) is 0 Å².